The zero-order chi connectivity index (χ0) is 12.5. The van der Waals surface area contributed by atoms with Crippen molar-refractivity contribution in [3.05, 3.63) is 22.7 Å². The summed E-state index contributed by atoms with van der Waals surface area (Å²) in [4.78, 5) is 14.1. The molecule has 18 heavy (non-hydrogen) atoms. The summed E-state index contributed by atoms with van der Waals surface area (Å²) < 4.78 is 10.9. The first-order valence-corrected chi connectivity index (χ1v) is 6.52. The van der Waals surface area contributed by atoms with Crippen molar-refractivity contribution >= 4 is 17.5 Å². The molecule has 1 saturated heterocycles. The van der Waals surface area contributed by atoms with E-state index in [1.54, 1.807) is 12.1 Å². The van der Waals surface area contributed by atoms with Crippen LogP contribution in [0.25, 0.3) is 0 Å². The van der Waals surface area contributed by atoms with Crippen LogP contribution < -0.4 is 9.47 Å². The van der Waals surface area contributed by atoms with Gasteiger partial charge in [0.15, 0.2) is 11.5 Å². The van der Waals surface area contributed by atoms with Crippen molar-refractivity contribution in [3.8, 4) is 11.5 Å². The molecule has 0 aliphatic carbocycles. The second-order valence-electron chi connectivity index (χ2n) is 4.48. The number of likely N-dealkylation sites (tertiary alicyclic amines) is 1. The maximum atomic E-state index is 12.3. The smallest absolute Gasteiger partial charge is 0.255 e. The van der Waals surface area contributed by atoms with Crippen molar-refractivity contribution in [1.82, 2.24) is 4.90 Å². The highest BCUT2D eigenvalue weighted by molar-refractivity contribution is 6.34. The Labute approximate surface area is 110 Å². The summed E-state index contributed by atoms with van der Waals surface area (Å²) in [7, 11) is 0. The molecule has 1 aromatic carbocycles. The number of hydrogen-bond donors (Lipinski definition) is 0. The standard InChI is InChI=1S/C13H14ClNO3/c14-10-8-12-11(17-5-6-18-12)7-9(10)13(16)15-3-1-2-4-15/h7-8H,1-6H2. The SMILES string of the molecule is O=C(c1cc2c(cc1Cl)OCCO2)N1CCCC1. The fraction of sp³-hybridized carbons (Fsp3) is 0.462. The molecular weight excluding hydrogens is 254 g/mol. The zero-order valence-corrected chi connectivity index (χ0v) is 10.7. The lowest BCUT2D eigenvalue weighted by atomic mass is 10.1. The van der Waals surface area contributed by atoms with Crippen molar-refractivity contribution in [3.63, 3.8) is 0 Å². The van der Waals surface area contributed by atoms with Crippen LogP contribution >= 0.6 is 11.6 Å². The fourth-order valence-electron chi connectivity index (χ4n) is 2.32. The number of ether oxygens (including phenoxy) is 2. The Morgan fingerprint density at radius 2 is 1.72 bits per heavy atom. The summed E-state index contributed by atoms with van der Waals surface area (Å²) in [6.07, 6.45) is 2.13. The van der Waals surface area contributed by atoms with Crippen LogP contribution in [-0.4, -0.2) is 37.1 Å². The van der Waals surface area contributed by atoms with Gasteiger partial charge < -0.3 is 14.4 Å². The van der Waals surface area contributed by atoms with Crippen molar-refractivity contribution in [2.75, 3.05) is 26.3 Å². The third-order valence-corrected chi connectivity index (χ3v) is 3.57. The first-order chi connectivity index (χ1) is 8.75. The van der Waals surface area contributed by atoms with E-state index in [0.717, 1.165) is 25.9 Å². The molecule has 0 unspecified atom stereocenters. The second kappa shape index (κ2) is 4.69. The first-order valence-electron chi connectivity index (χ1n) is 6.14. The number of fused-ring (bicyclic) bond motifs is 1. The normalized spacial score (nSPS) is 17.9. The minimum atomic E-state index is -0.0190. The third-order valence-electron chi connectivity index (χ3n) is 3.26. The third kappa shape index (κ3) is 2.01. The molecule has 2 heterocycles. The van der Waals surface area contributed by atoms with Gasteiger partial charge in [0.1, 0.15) is 13.2 Å². The molecule has 2 aliphatic heterocycles. The van der Waals surface area contributed by atoms with Gasteiger partial charge in [-0.3, -0.25) is 4.79 Å². The van der Waals surface area contributed by atoms with Crippen LogP contribution in [-0.2, 0) is 0 Å². The summed E-state index contributed by atoms with van der Waals surface area (Å²) >= 11 is 6.15. The van der Waals surface area contributed by atoms with E-state index in [9.17, 15) is 4.79 Å². The number of halogens is 1. The molecule has 0 N–H and O–H groups in total. The lowest BCUT2D eigenvalue weighted by Crippen LogP contribution is -2.28. The molecule has 0 spiro atoms. The first kappa shape index (κ1) is 11.7. The lowest BCUT2D eigenvalue weighted by molar-refractivity contribution is 0.0792. The van der Waals surface area contributed by atoms with Crippen molar-refractivity contribution < 1.29 is 14.3 Å². The van der Waals surface area contributed by atoms with Gasteiger partial charge in [-0.1, -0.05) is 11.6 Å². The Kier molecular flexibility index (Phi) is 3.04. The molecule has 1 amide bonds. The maximum absolute atomic E-state index is 12.3. The van der Waals surface area contributed by atoms with Gasteiger partial charge in [0.2, 0.25) is 0 Å². The van der Waals surface area contributed by atoms with E-state index in [1.165, 1.54) is 0 Å². The summed E-state index contributed by atoms with van der Waals surface area (Å²) in [5, 5.41) is 0.427. The minimum Gasteiger partial charge on any atom is -0.486 e. The molecule has 3 rings (SSSR count). The largest absolute Gasteiger partial charge is 0.486 e. The highest BCUT2D eigenvalue weighted by Gasteiger charge is 2.24. The molecule has 96 valence electrons. The van der Waals surface area contributed by atoms with E-state index in [-0.39, 0.29) is 5.91 Å². The Balaban J connectivity index is 1.93. The lowest BCUT2D eigenvalue weighted by Gasteiger charge is -2.21. The number of amides is 1. The van der Waals surface area contributed by atoms with Gasteiger partial charge in [-0.15, -0.1) is 0 Å². The Bertz CT molecular complexity index is 483. The van der Waals surface area contributed by atoms with E-state index in [1.807, 2.05) is 4.90 Å². The van der Waals surface area contributed by atoms with E-state index < -0.39 is 0 Å². The number of nitrogens with zero attached hydrogens (tertiary/aromatic N) is 1. The second-order valence-corrected chi connectivity index (χ2v) is 4.88. The number of carbonyl (C=O) groups is 1. The van der Waals surface area contributed by atoms with Crippen LogP contribution in [0.4, 0.5) is 0 Å². The molecule has 0 saturated carbocycles. The Hall–Kier alpha value is -1.42. The number of carbonyl (C=O) groups excluding carboxylic acids is 1. The quantitative estimate of drug-likeness (QED) is 0.784. The highest BCUT2D eigenvalue weighted by atomic mass is 35.5. The van der Waals surface area contributed by atoms with Gasteiger partial charge in [0.05, 0.1) is 10.6 Å². The maximum Gasteiger partial charge on any atom is 0.255 e. The molecule has 0 aromatic heterocycles. The highest BCUT2D eigenvalue weighted by Crippen LogP contribution is 2.36. The Morgan fingerprint density at radius 3 is 2.39 bits per heavy atom. The van der Waals surface area contributed by atoms with Crippen LogP contribution in [0.3, 0.4) is 0 Å². The van der Waals surface area contributed by atoms with E-state index in [2.05, 4.69) is 0 Å². The topological polar surface area (TPSA) is 38.8 Å². The van der Waals surface area contributed by atoms with Crippen LogP contribution in [0.2, 0.25) is 5.02 Å². The molecule has 0 bridgehead atoms. The number of rotatable bonds is 1. The van der Waals surface area contributed by atoms with Gasteiger partial charge in [-0.25, -0.2) is 0 Å². The number of benzene rings is 1. The monoisotopic (exact) mass is 267 g/mol. The molecular formula is C13H14ClNO3. The summed E-state index contributed by atoms with van der Waals surface area (Å²) in [5.74, 6) is 1.20. The van der Waals surface area contributed by atoms with Crippen molar-refractivity contribution in [1.29, 1.82) is 0 Å². The average molecular weight is 268 g/mol. The van der Waals surface area contributed by atoms with Gasteiger partial charge in [-0.2, -0.15) is 0 Å². The molecule has 1 fully saturated rings. The van der Waals surface area contributed by atoms with Crippen LogP contribution in [0.5, 0.6) is 11.5 Å². The van der Waals surface area contributed by atoms with Crippen molar-refractivity contribution in [2.45, 2.75) is 12.8 Å². The molecule has 2 aliphatic rings. The zero-order valence-electron chi connectivity index (χ0n) is 9.95. The predicted octanol–water partition coefficient (Wildman–Crippen LogP) is 2.35. The van der Waals surface area contributed by atoms with E-state index in [0.29, 0.717) is 35.3 Å². The summed E-state index contributed by atoms with van der Waals surface area (Å²) in [5.41, 5.74) is 0.503. The summed E-state index contributed by atoms with van der Waals surface area (Å²) in [6, 6.07) is 3.36. The molecule has 0 atom stereocenters. The van der Waals surface area contributed by atoms with Crippen LogP contribution in [0.1, 0.15) is 23.2 Å². The van der Waals surface area contributed by atoms with Gasteiger partial charge in [0.25, 0.3) is 5.91 Å². The van der Waals surface area contributed by atoms with Gasteiger partial charge in [0, 0.05) is 19.2 Å². The van der Waals surface area contributed by atoms with Crippen molar-refractivity contribution in [2.24, 2.45) is 0 Å². The van der Waals surface area contributed by atoms with Crippen LogP contribution in [0, 0.1) is 0 Å². The van der Waals surface area contributed by atoms with E-state index >= 15 is 0 Å². The predicted molar refractivity (Wildman–Crippen MR) is 67.6 cm³/mol. The molecule has 1 aromatic rings. The molecule has 4 nitrogen and oxygen atoms in total. The van der Waals surface area contributed by atoms with Crippen LogP contribution in [0.15, 0.2) is 12.1 Å². The Morgan fingerprint density at radius 1 is 1.11 bits per heavy atom. The van der Waals surface area contributed by atoms with Gasteiger partial charge in [-0.05, 0) is 18.9 Å². The molecule has 0 radical (unpaired) electrons. The molecule has 5 heteroatoms. The number of hydrogen-bond acceptors (Lipinski definition) is 3. The van der Waals surface area contributed by atoms with Gasteiger partial charge >= 0.3 is 0 Å². The van der Waals surface area contributed by atoms with E-state index in [4.69, 9.17) is 21.1 Å². The minimum absolute atomic E-state index is 0.0190. The summed E-state index contributed by atoms with van der Waals surface area (Å²) in [6.45, 7) is 2.64. The average Bonchev–Trinajstić information content (AvgIpc) is 2.91. The fourth-order valence-corrected chi connectivity index (χ4v) is 2.55.